The maximum Gasteiger partial charge on any atom is 0.350 e. The number of fused-ring (bicyclic) bond motifs is 3. The van der Waals surface area contributed by atoms with E-state index in [9.17, 15) is 4.79 Å². The van der Waals surface area contributed by atoms with Crippen molar-refractivity contribution in [3.8, 4) is 5.75 Å². The van der Waals surface area contributed by atoms with Gasteiger partial charge < -0.3 is 14.8 Å². The number of rotatable bonds is 4. The van der Waals surface area contributed by atoms with Gasteiger partial charge >= 0.3 is 5.91 Å². The fourth-order valence-electron chi connectivity index (χ4n) is 4.53. The first-order valence-corrected chi connectivity index (χ1v) is 11.2. The van der Waals surface area contributed by atoms with Crippen LogP contribution in [0.5, 0.6) is 5.75 Å². The molecule has 1 fully saturated rings. The van der Waals surface area contributed by atoms with Crippen molar-refractivity contribution in [2.45, 2.75) is 33.0 Å². The normalized spacial score (nSPS) is 22.8. The Morgan fingerprint density at radius 3 is 2.94 bits per heavy atom. The van der Waals surface area contributed by atoms with Crippen LogP contribution in [-0.4, -0.2) is 64.4 Å². The van der Waals surface area contributed by atoms with Gasteiger partial charge in [0.2, 0.25) is 0 Å². The topological polar surface area (TPSA) is 77.8 Å². The Bertz CT molecular complexity index is 1200. The molecule has 2 aliphatic rings. The number of quaternary nitrogens is 1. The van der Waals surface area contributed by atoms with Gasteiger partial charge in [0.05, 0.1) is 35.6 Å². The molecule has 3 aromatic rings. The van der Waals surface area contributed by atoms with Gasteiger partial charge in [-0.15, -0.1) is 0 Å². The van der Waals surface area contributed by atoms with Crippen molar-refractivity contribution in [1.82, 2.24) is 19.9 Å². The average Bonchev–Trinajstić information content (AvgIpc) is 3.31. The molecule has 5 rings (SSSR count). The zero-order chi connectivity index (χ0) is 22.5. The second-order valence-electron chi connectivity index (χ2n) is 8.78. The van der Waals surface area contributed by atoms with Crippen LogP contribution in [0.3, 0.4) is 0 Å². The highest BCUT2D eigenvalue weighted by molar-refractivity contribution is 6.31. The highest BCUT2D eigenvalue weighted by Crippen LogP contribution is 2.35. The molecule has 4 heterocycles. The fraction of sp³-hybridized carbons (Fsp3) is 0.435. The van der Waals surface area contributed by atoms with Crippen LogP contribution in [0.25, 0.3) is 5.65 Å². The molecule has 2 atom stereocenters. The van der Waals surface area contributed by atoms with Gasteiger partial charge in [0, 0.05) is 13.1 Å². The maximum absolute atomic E-state index is 13.7. The molecule has 2 unspecified atom stereocenters. The van der Waals surface area contributed by atoms with Crippen LogP contribution in [0.1, 0.15) is 33.0 Å². The van der Waals surface area contributed by atoms with Gasteiger partial charge in [-0.25, -0.2) is 18.8 Å². The van der Waals surface area contributed by atoms with E-state index in [2.05, 4.69) is 10.3 Å². The summed E-state index contributed by atoms with van der Waals surface area (Å²) >= 11 is 6.36. The number of halogens is 1. The summed E-state index contributed by atoms with van der Waals surface area (Å²) in [6.07, 6.45) is -0.0226. The summed E-state index contributed by atoms with van der Waals surface area (Å²) in [5, 5.41) is 8.65. The Kier molecular flexibility index (Phi) is 5.41. The van der Waals surface area contributed by atoms with E-state index in [0.29, 0.717) is 42.6 Å². The molecule has 1 N–H and O–H groups in total. The fourth-order valence-corrected chi connectivity index (χ4v) is 4.66. The smallest absolute Gasteiger partial charge is 0.350 e. The van der Waals surface area contributed by atoms with Crippen molar-refractivity contribution in [1.29, 1.82) is 0 Å². The molecular formula is C23H27ClN5O3+. The minimum atomic E-state index is -0.0226. The van der Waals surface area contributed by atoms with Gasteiger partial charge in [-0.3, -0.25) is 0 Å². The largest absolute Gasteiger partial charge is 0.490 e. The Balaban J connectivity index is 1.41. The number of benzene rings is 1. The number of carbonyl (C=O) groups excluding carboxylic acids is 1. The van der Waals surface area contributed by atoms with Gasteiger partial charge in [-0.1, -0.05) is 23.7 Å². The summed E-state index contributed by atoms with van der Waals surface area (Å²) in [6.45, 7) is 7.51. The summed E-state index contributed by atoms with van der Waals surface area (Å²) < 4.78 is 13.7. The number of ether oxygens (including phenoxy) is 2. The quantitative estimate of drug-likeness (QED) is 0.608. The molecule has 1 aromatic carbocycles. The summed E-state index contributed by atoms with van der Waals surface area (Å²) in [7, 11) is 1.95. The van der Waals surface area contributed by atoms with Gasteiger partial charge in [0.1, 0.15) is 42.8 Å². The molecule has 2 aromatic heterocycles. The van der Waals surface area contributed by atoms with Crippen LogP contribution in [-0.2, 0) is 17.8 Å². The molecule has 0 saturated carbocycles. The van der Waals surface area contributed by atoms with Crippen molar-refractivity contribution in [3.63, 3.8) is 0 Å². The van der Waals surface area contributed by atoms with Crippen LogP contribution >= 0.6 is 11.6 Å². The summed E-state index contributed by atoms with van der Waals surface area (Å²) in [5.74, 6) is 0.586. The molecule has 1 saturated heterocycles. The van der Waals surface area contributed by atoms with Crippen LogP contribution in [0, 0.1) is 13.8 Å². The number of nitrogens with zero attached hydrogens (tertiary/aromatic N) is 4. The molecule has 168 valence electrons. The second kappa shape index (κ2) is 8.12. The lowest BCUT2D eigenvalue weighted by Crippen LogP contribution is -2.45. The van der Waals surface area contributed by atoms with Crippen molar-refractivity contribution >= 4 is 23.2 Å². The number of nitrogens with one attached hydrogen (secondary N) is 1. The minimum absolute atomic E-state index is 0.00171. The standard InChI is InChI=1S/C23H27ClN5O3/c1-14-21(24)15(2)28-22(26-14)18-11-29(3,12-19(18)27-28)23(30)17-6-4-5-7-20(17)32-13-16-10-25-8-9-31-16/h4-7,16,25H,8-13H2,1-3H3/q+1. The summed E-state index contributed by atoms with van der Waals surface area (Å²) in [5.41, 5.74) is 4.87. The number of hydrogen-bond acceptors (Lipinski definition) is 6. The highest BCUT2D eigenvalue weighted by atomic mass is 35.5. The van der Waals surface area contributed by atoms with Crippen LogP contribution < -0.4 is 10.1 Å². The van der Waals surface area contributed by atoms with Crippen molar-refractivity contribution in [3.05, 3.63) is 57.5 Å². The van der Waals surface area contributed by atoms with Crippen LogP contribution in [0.2, 0.25) is 5.02 Å². The Labute approximate surface area is 191 Å². The van der Waals surface area contributed by atoms with E-state index < -0.39 is 0 Å². The van der Waals surface area contributed by atoms with Gasteiger partial charge in [0.25, 0.3) is 0 Å². The van der Waals surface area contributed by atoms with E-state index in [1.807, 2.05) is 45.2 Å². The van der Waals surface area contributed by atoms with Gasteiger partial charge in [-0.05, 0) is 26.0 Å². The molecule has 8 nitrogen and oxygen atoms in total. The lowest BCUT2D eigenvalue weighted by molar-refractivity contribution is -0.849. The first-order chi connectivity index (χ1) is 15.4. The van der Waals surface area contributed by atoms with E-state index >= 15 is 0 Å². The first-order valence-electron chi connectivity index (χ1n) is 10.8. The predicted molar refractivity (Wildman–Crippen MR) is 120 cm³/mol. The Hall–Kier alpha value is -2.52. The van der Waals surface area contributed by atoms with E-state index in [1.54, 1.807) is 4.52 Å². The number of aromatic nitrogens is 3. The van der Waals surface area contributed by atoms with Gasteiger partial charge in [0.15, 0.2) is 5.65 Å². The SMILES string of the molecule is Cc1nc2c3c(nn2c(C)c1Cl)C[N+](C)(C(=O)c1ccccc1OCC1CNCCO1)C3. The molecular weight excluding hydrogens is 430 g/mol. The lowest BCUT2D eigenvalue weighted by Gasteiger charge is -2.27. The average molecular weight is 457 g/mol. The number of hydrogen-bond donors (Lipinski definition) is 1. The van der Waals surface area contributed by atoms with Crippen molar-refractivity contribution in [2.75, 3.05) is 33.4 Å². The molecule has 0 radical (unpaired) electrons. The number of aryl methyl sites for hydroxylation is 2. The van der Waals surface area contributed by atoms with E-state index in [4.69, 9.17) is 26.2 Å². The zero-order valence-corrected chi connectivity index (χ0v) is 19.3. The van der Waals surface area contributed by atoms with Crippen molar-refractivity contribution < 1.29 is 18.8 Å². The lowest BCUT2D eigenvalue weighted by atomic mass is 10.1. The number of amides is 1. The maximum atomic E-state index is 13.7. The predicted octanol–water partition coefficient (Wildman–Crippen LogP) is 2.67. The Morgan fingerprint density at radius 1 is 1.34 bits per heavy atom. The zero-order valence-electron chi connectivity index (χ0n) is 18.5. The molecule has 9 heteroatoms. The molecule has 32 heavy (non-hydrogen) atoms. The summed E-state index contributed by atoms with van der Waals surface area (Å²) in [6, 6.07) is 7.43. The minimum Gasteiger partial charge on any atom is -0.490 e. The second-order valence-corrected chi connectivity index (χ2v) is 9.16. The third-order valence-corrected chi connectivity index (χ3v) is 6.86. The van der Waals surface area contributed by atoms with Crippen molar-refractivity contribution in [2.24, 2.45) is 0 Å². The monoisotopic (exact) mass is 456 g/mol. The number of morpholine rings is 1. The van der Waals surface area contributed by atoms with E-state index in [0.717, 1.165) is 41.4 Å². The van der Waals surface area contributed by atoms with Crippen LogP contribution in [0.15, 0.2) is 24.3 Å². The molecule has 0 bridgehead atoms. The van der Waals surface area contributed by atoms with E-state index in [-0.39, 0.29) is 16.5 Å². The van der Waals surface area contributed by atoms with Gasteiger partial charge in [-0.2, -0.15) is 5.10 Å². The third-order valence-electron chi connectivity index (χ3n) is 6.31. The molecule has 0 aliphatic carbocycles. The molecule has 1 amide bonds. The third kappa shape index (κ3) is 3.57. The number of para-hydroxylation sites is 1. The first kappa shape index (κ1) is 21.3. The highest BCUT2D eigenvalue weighted by Gasteiger charge is 2.44. The molecule has 2 aliphatic heterocycles. The van der Waals surface area contributed by atoms with E-state index in [1.165, 1.54) is 0 Å². The number of carbonyl (C=O) groups is 1. The van der Waals surface area contributed by atoms with Crippen LogP contribution in [0.4, 0.5) is 0 Å². The molecule has 0 spiro atoms. The Morgan fingerprint density at radius 2 is 2.16 bits per heavy atom. The summed E-state index contributed by atoms with van der Waals surface area (Å²) in [4.78, 5) is 18.4.